The van der Waals surface area contributed by atoms with Gasteiger partial charge < -0.3 is 10.2 Å². The standard InChI is InChI=1S/C11H18N2O/c1-9-4-7-14-11(9)10(8-12)13-5-2-3-6-13/h4,7,10H,2-3,5-6,8,12H2,1H3. The molecule has 3 nitrogen and oxygen atoms in total. The van der Waals surface area contributed by atoms with Crippen molar-refractivity contribution >= 4 is 0 Å². The second-order valence-electron chi connectivity index (χ2n) is 3.96. The van der Waals surface area contributed by atoms with Crippen molar-refractivity contribution in [3.05, 3.63) is 23.7 Å². The molecule has 2 N–H and O–H groups in total. The Balaban J connectivity index is 2.16. The lowest BCUT2D eigenvalue weighted by atomic mass is 10.1. The van der Waals surface area contributed by atoms with Crippen molar-refractivity contribution in [2.75, 3.05) is 19.6 Å². The van der Waals surface area contributed by atoms with Crippen LogP contribution in [0.3, 0.4) is 0 Å². The minimum Gasteiger partial charge on any atom is -0.467 e. The number of likely N-dealkylation sites (tertiary alicyclic amines) is 1. The summed E-state index contributed by atoms with van der Waals surface area (Å²) in [6, 6.07) is 2.29. The van der Waals surface area contributed by atoms with Crippen LogP contribution >= 0.6 is 0 Å². The number of hydrogen-bond acceptors (Lipinski definition) is 3. The lowest BCUT2D eigenvalue weighted by molar-refractivity contribution is 0.219. The molecule has 0 aromatic carbocycles. The summed E-state index contributed by atoms with van der Waals surface area (Å²) in [6.45, 7) is 5.04. The number of rotatable bonds is 3. The van der Waals surface area contributed by atoms with Crippen LogP contribution in [-0.2, 0) is 0 Å². The zero-order valence-corrected chi connectivity index (χ0v) is 8.70. The zero-order chi connectivity index (χ0) is 9.97. The average Bonchev–Trinajstić information content (AvgIpc) is 2.80. The average molecular weight is 194 g/mol. The number of aryl methyl sites for hydroxylation is 1. The van der Waals surface area contributed by atoms with Gasteiger partial charge in [0.15, 0.2) is 0 Å². The van der Waals surface area contributed by atoms with Crippen LogP contribution in [0.25, 0.3) is 0 Å². The summed E-state index contributed by atoms with van der Waals surface area (Å²) in [5.74, 6) is 1.05. The maximum atomic E-state index is 5.81. The van der Waals surface area contributed by atoms with Crippen molar-refractivity contribution in [3.63, 3.8) is 0 Å². The Kier molecular flexibility index (Phi) is 2.89. The molecule has 2 rings (SSSR count). The molecule has 0 spiro atoms. The first kappa shape index (κ1) is 9.74. The molecule has 0 radical (unpaired) electrons. The summed E-state index contributed by atoms with van der Waals surface area (Å²) in [5, 5.41) is 0. The first-order valence-electron chi connectivity index (χ1n) is 5.31. The summed E-state index contributed by atoms with van der Waals surface area (Å²) < 4.78 is 5.51. The van der Waals surface area contributed by atoms with Crippen molar-refractivity contribution in [2.24, 2.45) is 5.73 Å². The van der Waals surface area contributed by atoms with Gasteiger partial charge in [0.2, 0.25) is 0 Å². The lowest BCUT2D eigenvalue weighted by Crippen LogP contribution is -2.31. The van der Waals surface area contributed by atoms with E-state index in [1.807, 2.05) is 6.07 Å². The fourth-order valence-electron chi connectivity index (χ4n) is 2.20. The van der Waals surface area contributed by atoms with E-state index < -0.39 is 0 Å². The van der Waals surface area contributed by atoms with Crippen LogP contribution < -0.4 is 5.73 Å². The minimum absolute atomic E-state index is 0.285. The van der Waals surface area contributed by atoms with E-state index in [9.17, 15) is 0 Å². The van der Waals surface area contributed by atoms with E-state index in [4.69, 9.17) is 10.2 Å². The van der Waals surface area contributed by atoms with Gasteiger partial charge in [0.25, 0.3) is 0 Å². The number of hydrogen-bond donors (Lipinski definition) is 1. The summed E-state index contributed by atoms with van der Waals surface area (Å²) in [4.78, 5) is 2.42. The minimum atomic E-state index is 0.285. The second-order valence-corrected chi connectivity index (χ2v) is 3.96. The molecule has 2 heterocycles. The van der Waals surface area contributed by atoms with Crippen LogP contribution in [0.1, 0.15) is 30.2 Å². The molecule has 1 atom stereocenters. The first-order valence-corrected chi connectivity index (χ1v) is 5.31. The van der Waals surface area contributed by atoms with Crippen molar-refractivity contribution in [1.82, 2.24) is 4.90 Å². The van der Waals surface area contributed by atoms with E-state index in [-0.39, 0.29) is 6.04 Å². The van der Waals surface area contributed by atoms with Crippen molar-refractivity contribution in [2.45, 2.75) is 25.8 Å². The maximum absolute atomic E-state index is 5.81. The van der Waals surface area contributed by atoms with E-state index in [1.54, 1.807) is 6.26 Å². The van der Waals surface area contributed by atoms with E-state index >= 15 is 0 Å². The molecular formula is C11H18N2O. The Morgan fingerprint density at radius 2 is 2.21 bits per heavy atom. The van der Waals surface area contributed by atoms with Gasteiger partial charge >= 0.3 is 0 Å². The largest absolute Gasteiger partial charge is 0.467 e. The second kappa shape index (κ2) is 4.15. The summed E-state index contributed by atoms with van der Waals surface area (Å²) in [5.41, 5.74) is 7.03. The number of nitrogens with two attached hydrogens (primary N) is 1. The molecule has 0 bridgehead atoms. The molecule has 0 amide bonds. The van der Waals surface area contributed by atoms with Crippen molar-refractivity contribution in [1.29, 1.82) is 0 Å². The molecule has 1 saturated heterocycles. The van der Waals surface area contributed by atoms with Gasteiger partial charge in [-0.2, -0.15) is 0 Å². The molecule has 3 heteroatoms. The molecule has 1 aliphatic rings. The highest BCUT2D eigenvalue weighted by Crippen LogP contribution is 2.26. The number of furan rings is 1. The van der Waals surface area contributed by atoms with Crippen LogP contribution in [0.2, 0.25) is 0 Å². The monoisotopic (exact) mass is 194 g/mol. The third kappa shape index (κ3) is 1.70. The fraction of sp³-hybridized carbons (Fsp3) is 0.636. The third-order valence-electron chi connectivity index (χ3n) is 3.01. The molecule has 1 unspecified atom stereocenters. The Hall–Kier alpha value is -0.800. The highest BCUT2D eigenvalue weighted by Gasteiger charge is 2.25. The van der Waals surface area contributed by atoms with Crippen LogP contribution in [0, 0.1) is 6.92 Å². The zero-order valence-electron chi connectivity index (χ0n) is 8.70. The highest BCUT2D eigenvalue weighted by atomic mass is 16.3. The normalized spacial score (nSPS) is 20.1. The molecule has 0 aliphatic carbocycles. The van der Waals surface area contributed by atoms with E-state index in [1.165, 1.54) is 18.4 Å². The molecule has 14 heavy (non-hydrogen) atoms. The molecule has 78 valence electrons. The molecule has 1 aromatic rings. The quantitative estimate of drug-likeness (QED) is 0.796. The summed E-state index contributed by atoms with van der Waals surface area (Å²) >= 11 is 0. The van der Waals surface area contributed by atoms with E-state index in [2.05, 4.69) is 11.8 Å². The maximum Gasteiger partial charge on any atom is 0.125 e. The fourth-order valence-corrected chi connectivity index (χ4v) is 2.20. The van der Waals surface area contributed by atoms with Gasteiger partial charge in [-0.3, -0.25) is 4.90 Å². The van der Waals surface area contributed by atoms with Gasteiger partial charge in [-0.25, -0.2) is 0 Å². The van der Waals surface area contributed by atoms with Crippen LogP contribution in [-0.4, -0.2) is 24.5 Å². The summed E-state index contributed by atoms with van der Waals surface area (Å²) in [7, 11) is 0. The Morgan fingerprint density at radius 3 is 2.71 bits per heavy atom. The van der Waals surface area contributed by atoms with E-state index in [0.717, 1.165) is 18.8 Å². The molecule has 1 fully saturated rings. The lowest BCUT2D eigenvalue weighted by Gasteiger charge is -2.24. The van der Waals surface area contributed by atoms with E-state index in [0.29, 0.717) is 6.54 Å². The van der Waals surface area contributed by atoms with Gasteiger partial charge in [0.1, 0.15) is 5.76 Å². The highest BCUT2D eigenvalue weighted by molar-refractivity contribution is 5.18. The predicted octanol–water partition coefficient (Wildman–Crippen LogP) is 1.68. The van der Waals surface area contributed by atoms with Crippen LogP contribution in [0.5, 0.6) is 0 Å². The summed E-state index contributed by atoms with van der Waals surface area (Å²) in [6.07, 6.45) is 4.33. The SMILES string of the molecule is Cc1ccoc1C(CN)N1CCCC1. The molecule has 1 aromatic heterocycles. The molecule has 1 aliphatic heterocycles. The smallest absolute Gasteiger partial charge is 0.125 e. The Morgan fingerprint density at radius 1 is 1.50 bits per heavy atom. The predicted molar refractivity (Wildman–Crippen MR) is 56.0 cm³/mol. The van der Waals surface area contributed by atoms with Crippen molar-refractivity contribution in [3.8, 4) is 0 Å². The van der Waals surface area contributed by atoms with Crippen LogP contribution in [0.4, 0.5) is 0 Å². The van der Waals surface area contributed by atoms with Crippen LogP contribution in [0.15, 0.2) is 16.7 Å². The Labute approximate surface area is 84.9 Å². The first-order chi connectivity index (χ1) is 6.83. The molecule has 0 saturated carbocycles. The van der Waals surface area contributed by atoms with Gasteiger partial charge in [0.05, 0.1) is 12.3 Å². The van der Waals surface area contributed by atoms with Gasteiger partial charge in [0, 0.05) is 6.54 Å². The third-order valence-corrected chi connectivity index (χ3v) is 3.01. The van der Waals surface area contributed by atoms with Crippen molar-refractivity contribution < 1.29 is 4.42 Å². The van der Waals surface area contributed by atoms with Gasteiger partial charge in [-0.05, 0) is 44.5 Å². The van der Waals surface area contributed by atoms with Gasteiger partial charge in [-0.15, -0.1) is 0 Å². The Bertz CT molecular complexity index is 289. The van der Waals surface area contributed by atoms with Gasteiger partial charge in [-0.1, -0.05) is 0 Å². The number of nitrogens with zero attached hydrogens (tertiary/aromatic N) is 1. The topological polar surface area (TPSA) is 42.4 Å². The molecular weight excluding hydrogens is 176 g/mol.